The van der Waals surface area contributed by atoms with Gasteiger partial charge in [0.15, 0.2) is 0 Å². The van der Waals surface area contributed by atoms with Gasteiger partial charge in [-0.25, -0.2) is 4.79 Å². The fourth-order valence-corrected chi connectivity index (χ4v) is 5.34. The van der Waals surface area contributed by atoms with E-state index >= 15 is 0 Å². The Morgan fingerprint density at radius 1 is 1.11 bits per heavy atom. The van der Waals surface area contributed by atoms with Crippen molar-refractivity contribution in [2.45, 2.75) is 52.5 Å². The predicted molar refractivity (Wildman–Crippen MR) is 117 cm³/mol. The lowest BCUT2D eigenvalue weighted by molar-refractivity contribution is 0.249. The number of thiophene rings is 1. The molecule has 0 saturated carbocycles. The predicted octanol–water partition coefficient (Wildman–Crippen LogP) is 5.92. The second-order valence-electron chi connectivity index (χ2n) is 7.56. The largest absolute Gasteiger partial charge is 0.331 e. The summed E-state index contributed by atoms with van der Waals surface area (Å²) < 4.78 is 2.13. The molecule has 5 heteroatoms. The van der Waals surface area contributed by atoms with E-state index in [1.807, 2.05) is 24.3 Å². The molecule has 0 saturated heterocycles. The van der Waals surface area contributed by atoms with Gasteiger partial charge in [0, 0.05) is 28.5 Å². The average Bonchev–Trinajstić information content (AvgIpc) is 3.31. The number of aromatic nitrogens is 1. The standard InChI is InChI=1S/C23H27N3OS/c1-15-17(3)28-22(26-13-6-7-14-26)21(15)16(2)24-23(27)25-20-12-8-10-18-9-4-5-11-19(18)20/h6-8,10,12-14,16H,4-5,9,11H2,1-3H3,(H2,24,25,27)/t16-/m0/s1. The van der Waals surface area contributed by atoms with Gasteiger partial charge >= 0.3 is 6.03 Å². The molecule has 1 aromatic carbocycles. The maximum Gasteiger partial charge on any atom is 0.319 e. The third-order valence-electron chi connectivity index (χ3n) is 5.68. The summed E-state index contributed by atoms with van der Waals surface area (Å²) in [6.45, 7) is 6.33. The van der Waals surface area contributed by atoms with Gasteiger partial charge in [-0.05, 0) is 81.3 Å². The van der Waals surface area contributed by atoms with Gasteiger partial charge in [0.1, 0.15) is 5.00 Å². The van der Waals surface area contributed by atoms with E-state index in [0.717, 1.165) is 18.5 Å². The molecule has 2 N–H and O–H groups in total. The van der Waals surface area contributed by atoms with Crippen LogP contribution in [0, 0.1) is 13.8 Å². The molecule has 0 fully saturated rings. The normalized spacial score (nSPS) is 14.4. The summed E-state index contributed by atoms with van der Waals surface area (Å²) in [4.78, 5) is 14.1. The fraction of sp³-hybridized carbons (Fsp3) is 0.348. The molecule has 1 atom stereocenters. The van der Waals surface area contributed by atoms with Gasteiger partial charge in [-0.2, -0.15) is 0 Å². The van der Waals surface area contributed by atoms with Gasteiger partial charge in [0.25, 0.3) is 0 Å². The molecule has 4 rings (SSSR count). The Morgan fingerprint density at radius 3 is 2.64 bits per heavy atom. The van der Waals surface area contributed by atoms with E-state index in [1.54, 1.807) is 11.3 Å². The third-order valence-corrected chi connectivity index (χ3v) is 6.91. The van der Waals surface area contributed by atoms with E-state index in [2.05, 4.69) is 54.4 Å². The van der Waals surface area contributed by atoms with Crippen LogP contribution in [0.3, 0.4) is 0 Å². The van der Waals surface area contributed by atoms with Gasteiger partial charge in [0.05, 0.1) is 6.04 Å². The van der Waals surface area contributed by atoms with Crippen molar-refractivity contribution in [3.05, 3.63) is 69.9 Å². The molecule has 2 aromatic heterocycles. The number of rotatable bonds is 4. The summed E-state index contributed by atoms with van der Waals surface area (Å²) in [5, 5.41) is 7.42. The van der Waals surface area contributed by atoms with E-state index in [-0.39, 0.29) is 12.1 Å². The van der Waals surface area contributed by atoms with Crippen molar-refractivity contribution in [2.75, 3.05) is 5.32 Å². The highest BCUT2D eigenvalue weighted by atomic mass is 32.1. The lowest BCUT2D eigenvalue weighted by Gasteiger charge is -2.21. The van der Waals surface area contributed by atoms with Crippen molar-refractivity contribution in [3.63, 3.8) is 0 Å². The van der Waals surface area contributed by atoms with Crippen LogP contribution in [0.25, 0.3) is 5.00 Å². The van der Waals surface area contributed by atoms with Crippen LogP contribution < -0.4 is 10.6 Å². The van der Waals surface area contributed by atoms with E-state index in [4.69, 9.17) is 0 Å². The molecular weight excluding hydrogens is 366 g/mol. The highest BCUT2D eigenvalue weighted by Gasteiger charge is 2.21. The van der Waals surface area contributed by atoms with Gasteiger partial charge in [-0.1, -0.05) is 12.1 Å². The highest BCUT2D eigenvalue weighted by molar-refractivity contribution is 7.14. The number of amides is 2. The molecule has 146 valence electrons. The van der Waals surface area contributed by atoms with Gasteiger partial charge in [0.2, 0.25) is 0 Å². The van der Waals surface area contributed by atoms with Crippen LogP contribution in [0.2, 0.25) is 0 Å². The monoisotopic (exact) mass is 393 g/mol. The minimum absolute atomic E-state index is 0.0816. The van der Waals surface area contributed by atoms with Gasteiger partial charge < -0.3 is 15.2 Å². The minimum atomic E-state index is -0.145. The number of carbonyl (C=O) groups excluding carboxylic acids is 1. The Bertz CT molecular complexity index is 988. The van der Waals surface area contributed by atoms with Crippen LogP contribution in [0.1, 0.15) is 52.9 Å². The topological polar surface area (TPSA) is 46.1 Å². The van der Waals surface area contributed by atoms with E-state index in [0.29, 0.717) is 0 Å². The summed E-state index contributed by atoms with van der Waals surface area (Å²) in [7, 11) is 0. The van der Waals surface area contributed by atoms with Crippen molar-refractivity contribution < 1.29 is 4.79 Å². The van der Waals surface area contributed by atoms with Gasteiger partial charge in [-0.15, -0.1) is 11.3 Å². The zero-order valence-corrected chi connectivity index (χ0v) is 17.5. The number of nitrogens with one attached hydrogen (secondary N) is 2. The number of benzene rings is 1. The first kappa shape index (κ1) is 18.8. The second kappa shape index (κ2) is 7.84. The molecule has 0 unspecified atom stereocenters. The second-order valence-corrected chi connectivity index (χ2v) is 8.77. The SMILES string of the molecule is Cc1sc(-n2cccc2)c([C@H](C)NC(=O)Nc2cccc3c2CCCC3)c1C. The maximum absolute atomic E-state index is 12.8. The summed E-state index contributed by atoms with van der Waals surface area (Å²) in [5.41, 5.74) is 6.05. The summed E-state index contributed by atoms with van der Waals surface area (Å²) in [6, 6.07) is 10.1. The number of hydrogen-bond acceptors (Lipinski definition) is 2. The lowest BCUT2D eigenvalue weighted by atomic mass is 9.90. The summed E-state index contributed by atoms with van der Waals surface area (Å²) >= 11 is 1.77. The summed E-state index contributed by atoms with van der Waals surface area (Å²) in [5.74, 6) is 0. The van der Waals surface area contributed by atoms with E-state index in [1.165, 1.54) is 45.0 Å². The Hall–Kier alpha value is -2.53. The van der Waals surface area contributed by atoms with Crippen LogP contribution in [0.4, 0.5) is 10.5 Å². The van der Waals surface area contributed by atoms with E-state index in [9.17, 15) is 4.79 Å². The highest BCUT2D eigenvalue weighted by Crippen LogP contribution is 2.35. The van der Waals surface area contributed by atoms with Crippen molar-refractivity contribution in [1.29, 1.82) is 0 Å². The molecule has 0 bridgehead atoms. The Balaban J connectivity index is 1.54. The fourth-order valence-electron chi connectivity index (χ4n) is 4.12. The molecule has 2 heterocycles. The van der Waals surface area contributed by atoms with Crippen LogP contribution in [-0.2, 0) is 12.8 Å². The third kappa shape index (κ3) is 3.59. The smallest absolute Gasteiger partial charge is 0.319 e. The van der Waals surface area contributed by atoms with Crippen LogP contribution >= 0.6 is 11.3 Å². The Labute approximate surface area is 170 Å². The molecule has 28 heavy (non-hydrogen) atoms. The number of anilines is 1. The van der Waals surface area contributed by atoms with Crippen molar-refractivity contribution in [1.82, 2.24) is 9.88 Å². The van der Waals surface area contributed by atoms with Crippen molar-refractivity contribution >= 4 is 23.1 Å². The van der Waals surface area contributed by atoms with E-state index < -0.39 is 0 Å². The van der Waals surface area contributed by atoms with Crippen molar-refractivity contribution in [3.8, 4) is 5.00 Å². The molecule has 1 aliphatic carbocycles. The zero-order valence-electron chi connectivity index (χ0n) is 16.7. The maximum atomic E-state index is 12.8. The number of urea groups is 1. The number of fused-ring (bicyclic) bond motifs is 1. The Morgan fingerprint density at radius 2 is 1.86 bits per heavy atom. The minimum Gasteiger partial charge on any atom is -0.331 e. The lowest BCUT2D eigenvalue weighted by Crippen LogP contribution is -2.32. The number of carbonyl (C=O) groups is 1. The summed E-state index contributed by atoms with van der Waals surface area (Å²) in [6.07, 6.45) is 8.68. The first-order valence-corrected chi connectivity index (χ1v) is 10.8. The molecule has 0 aliphatic heterocycles. The average molecular weight is 394 g/mol. The number of nitrogens with zero attached hydrogens (tertiary/aromatic N) is 1. The molecule has 4 nitrogen and oxygen atoms in total. The quantitative estimate of drug-likeness (QED) is 0.568. The molecule has 2 amide bonds. The first-order chi connectivity index (χ1) is 13.5. The van der Waals surface area contributed by atoms with Crippen LogP contribution in [0.5, 0.6) is 0 Å². The van der Waals surface area contributed by atoms with Crippen LogP contribution in [0.15, 0.2) is 42.7 Å². The molecule has 3 aromatic rings. The molecule has 0 radical (unpaired) electrons. The molecular formula is C23H27N3OS. The van der Waals surface area contributed by atoms with Crippen LogP contribution in [-0.4, -0.2) is 10.6 Å². The number of hydrogen-bond donors (Lipinski definition) is 2. The number of aryl methyl sites for hydroxylation is 2. The Kier molecular flexibility index (Phi) is 5.27. The van der Waals surface area contributed by atoms with Crippen molar-refractivity contribution in [2.24, 2.45) is 0 Å². The molecule has 1 aliphatic rings. The zero-order chi connectivity index (χ0) is 19.7. The molecule has 0 spiro atoms. The first-order valence-electron chi connectivity index (χ1n) is 9.96. The van der Waals surface area contributed by atoms with Gasteiger partial charge in [-0.3, -0.25) is 0 Å².